The number of carboxylic acid groups (broad SMARTS) is 1. The van der Waals surface area contributed by atoms with Crippen LogP contribution >= 0.6 is 0 Å². The van der Waals surface area contributed by atoms with Crippen molar-refractivity contribution in [3.05, 3.63) is 0 Å². The number of nitrogens with zero attached hydrogens (tertiary/aromatic N) is 2. The SMILES string of the molecule is COCCN(CCOC)C(=O)N1CC(C)(OCC(=O)O)C1. The molecule has 1 N–H and O–H groups in total. The topological polar surface area (TPSA) is 88.5 Å². The molecular formula is C13H24N2O6. The highest BCUT2D eigenvalue weighted by atomic mass is 16.5. The summed E-state index contributed by atoms with van der Waals surface area (Å²) in [5.41, 5.74) is -0.581. The van der Waals surface area contributed by atoms with Gasteiger partial charge >= 0.3 is 12.0 Å². The fourth-order valence-electron chi connectivity index (χ4n) is 2.13. The summed E-state index contributed by atoms with van der Waals surface area (Å²) in [5.74, 6) is -1.01. The van der Waals surface area contributed by atoms with Gasteiger partial charge in [-0.15, -0.1) is 0 Å². The molecule has 1 aliphatic heterocycles. The molecule has 1 aliphatic rings. The van der Waals surface area contributed by atoms with Crippen LogP contribution < -0.4 is 0 Å². The van der Waals surface area contributed by atoms with Crippen molar-refractivity contribution in [1.29, 1.82) is 0 Å². The Kier molecular flexibility index (Phi) is 6.86. The number of urea groups is 1. The second-order valence-electron chi connectivity index (χ2n) is 5.24. The number of amides is 2. The molecule has 1 saturated heterocycles. The average Bonchev–Trinajstić information content (AvgIpc) is 2.41. The number of aliphatic carboxylic acids is 1. The Labute approximate surface area is 124 Å². The first-order chi connectivity index (χ1) is 9.91. The van der Waals surface area contributed by atoms with Crippen LogP contribution in [0.25, 0.3) is 0 Å². The Morgan fingerprint density at radius 2 is 1.71 bits per heavy atom. The van der Waals surface area contributed by atoms with Crippen LogP contribution in [0.5, 0.6) is 0 Å². The number of hydrogen-bond acceptors (Lipinski definition) is 5. The number of carbonyl (C=O) groups is 2. The van der Waals surface area contributed by atoms with Gasteiger partial charge in [-0.1, -0.05) is 0 Å². The highest BCUT2D eigenvalue weighted by Crippen LogP contribution is 2.25. The van der Waals surface area contributed by atoms with Gasteiger partial charge in [-0.25, -0.2) is 9.59 Å². The van der Waals surface area contributed by atoms with Crippen LogP contribution in [0.4, 0.5) is 4.79 Å². The fourth-order valence-corrected chi connectivity index (χ4v) is 2.13. The summed E-state index contributed by atoms with van der Waals surface area (Å²) in [6.45, 7) is 4.10. The second kappa shape index (κ2) is 8.16. The Bertz CT molecular complexity index is 349. The molecule has 0 atom stereocenters. The third kappa shape index (κ3) is 5.49. The van der Waals surface area contributed by atoms with E-state index in [9.17, 15) is 9.59 Å². The average molecular weight is 304 g/mol. The molecule has 0 aromatic heterocycles. The molecule has 1 rings (SSSR count). The van der Waals surface area contributed by atoms with Crippen LogP contribution in [0, 0.1) is 0 Å². The summed E-state index contributed by atoms with van der Waals surface area (Å²) in [5, 5.41) is 8.61. The van der Waals surface area contributed by atoms with Gasteiger partial charge in [-0.3, -0.25) is 0 Å². The van der Waals surface area contributed by atoms with Gasteiger partial charge < -0.3 is 29.1 Å². The summed E-state index contributed by atoms with van der Waals surface area (Å²) >= 11 is 0. The number of methoxy groups -OCH3 is 2. The molecule has 2 amide bonds. The molecule has 1 fully saturated rings. The van der Waals surface area contributed by atoms with Crippen molar-refractivity contribution in [2.75, 3.05) is 60.2 Å². The lowest BCUT2D eigenvalue weighted by atomic mass is 9.97. The molecule has 0 aliphatic carbocycles. The number of likely N-dealkylation sites (tertiary alicyclic amines) is 1. The molecule has 8 nitrogen and oxygen atoms in total. The van der Waals surface area contributed by atoms with E-state index in [1.54, 1.807) is 30.9 Å². The molecule has 0 unspecified atom stereocenters. The first-order valence-corrected chi connectivity index (χ1v) is 6.79. The minimum absolute atomic E-state index is 0.111. The molecule has 0 spiro atoms. The van der Waals surface area contributed by atoms with Crippen LogP contribution in [0.1, 0.15) is 6.92 Å². The summed E-state index contributed by atoms with van der Waals surface area (Å²) in [6.07, 6.45) is 0. The van der Waals surface area contributed by atoms with Gasteiger partial charge in [0.05, 0.1) is 26.3 Å². The van der Waals surface area contributed by atoms with E-state index in [4.69, 9.17) is 19.3 Å². The summed E-state index contributed by atoms with van der Waals surface area (Å²) < 4.78 is 15.3. The smallest absolute Gasteiger partial charge is 0.329 e. The Morgan fingerprint density at radius 3 is 2.14 bits per heavy atom. The molecule has 122 valence electrons. The first-order valence-electron chi connectivity index (χ1n) is 6.79. The van der Waals surface area contributed by atoms with Gasteiger partial charge in [0.2, 0.25) is 0 Å². The lowest BCUT2D eigenvalue weighted by Crippen LogP contribution is -2.66. The van der Waals surface area contributed by atoms with Crippen LogP contribution in [-0.2, 0) is 19.0 Å². The first kappa shape index (κ1) is 17.7. The lowest BCUT2D eigenvalue weighted by molar-refractivity contribution is -0.160. The Hall–Kier alpha value is -1.38. The quantitative estimate of drug-likeness (QED) is 0.639. The third-order valence-corrected chi connectivity index (χ3v) is 3.27. The third-order valence-electron chi connectivity index (χ3n) is 3.27. The number of ether oxygens (including phenoxy) is 3. The highest BCUT2D eigenvalue weighted by molar-refractivity contribution is 5.76. The maximum absolute atomic E-state index is 12.3. The zero-order valence-corrected chi connectivity index (χ0v) is 12.8. The van der Waals surface area contributed by atoms with Crippen molar-refractivity contribution in [3.63, 3.8) is 0 Å². The Balaban J connectivity index is 2.44. The van der Waals surface area contributed by atoms with Crippen LogP contribution in [0.15, 0.2) is 0 Å². The van der Waals surface area contributed by atoms with Gasteiger partial charge in [0.1, 0.15) is 12.2 Å². The number of hydrogen-bond donors (Lipinski definition) is 1. The monoisotopic (exact) mass is 304 g/mol. The predicted octanol–water partition coefficient (Wildman–Crippen LogP) is -0.123. The summed E-state index contributed by atoms with van der Waals surface area (Å²) in [7, 11) is 3.17. The van der Waals surface area contributed by atoms with Crippen molar-refractivity contribution in [2.24, 2.45) is 0 Å². The van der Waals surface area contributed by atoms with Crippen LogP contribution in [0.2, 0.25) is 0 Å². The Morgan fingerprint density at radius 1 is 1.19 bits per heavy atom. The van der Waals surface area contributed by atoms with E-state index >= 15 is 0 Å². The highest BCUT2D eigenvalue weighted by Gasteiger charge is 2.43. The van der Waals surface area contributed by atoms with Crippen LogP contribution in [0.3, 0.4) is 0 Å². The predicted molar refractivity (Wildman–Crippen MR) is 74.3 cm³/mol. The number of carbonyl (C=O) groups excluding carboxylic acids is 1. The van der Waals surface area contributed by atoms with Crippen molar-refractivity contribution in [3.8, 4) is 0 Å². The van der Waals surface area contributed by atoms with Gasteiger partial charge in [0.15, 0.2) is 0 Å². The molecule has 0 aromatic carbocycles. The van der Waals surface area contributed by atoms with E-state index in [2.05, 4.69) is 0 Å². The van der Waals surface area contributed by atoms with Crippen LogP contribution in [-0.4, -0.2) is 92.7 Å². The molecule has 1 heterocycles. The van der Waals surface area contributed by atoms with Crippen molar-refractivity contribution >= 4 is 12.0 Å². The number of rotatable bonds is 9. The molecule has 8 heteroatoms. The van der Waals surface area contributed by atoms with E-state index in [1.807, 2.05) is 0 Å². The second-order valence-corrected chi connectivity index (χ2v) is 5.24. The van der Waals surface area contributed by atoms with Crippen molar-refractivity contribution in [2.45, 2.75) is 12.5 Å². The minimum atomic E-state index is -1.01. The number of carboxylic acids is 1. The maximum Gasteiger partial charge on any atom is 0.329 e. The lowest BCUT2D eigenvalue weighted by Gasteiger charge is -2.48. The zero-order chi connectivity index (χ0) is 15.9. The molecule has 0 aromatic rings. The zero-order valence-electron chi connectivity index (χ0n) is 12.8. The minimum Gasteiger partial charge on any atom is -0.480 e. The van der Waals surface area contributed by atoms with E-state index in [0.29, 0.717) is 39.4 Å². The normalized spacial score (nSPS) is 16.4. The molecule has 0 saturated carbocycles. The fraction of sp³-hybridized carbons (Fsp3) is 0.846. The molecule has 0 radical (unpaired) electrons. The van der Waals surface area contributed by atoms with Gasteiger partial charge in [0.25, 0.3) is 0 Å². The van der Waals surface area contributed by atoms with E-state index < -0.39 is 11.6 Å². The van der Waals surface area contributed by atoms with E-state index in [-0.39, 0.29) is 12.6 Å². The molecule has 0 bridgehead atoms. The van der Waals surface area contributed by atoms with Crippen molar-refractivity contribution in [1.82, 2.24) is 9.80 Å². The van der Waals surface area contributed by atoms with Gasteiger partial charge in [0, 0.05) is 27.3 Å². The van der Waals surface area contributed by atoms with E-state index in [1.165, 1.54) is 0 Å². The summed E-state index contributed by atoms with van der Waals surface area (Å²) in [6, 6.07) is -0.111. The van der Waals surface area contributed by atoms with Gasteiger partial charge in [-0.05, 0) is 6.92 Å². The van der Waals surface area contributed by atoms with Crippen molar-refractivity contribution < 1.29 is 28.9 Å². The van der Waals surface area contributed by atoms with Gasteiger partial charge in [-0.2, -0.15) is 0 Å². The summed E-state index contributed by atoms with van der Waals surface area (Å²) in [4.78, 5) is 26.1. The largest absolute Gasteiger partial charge is 0.480 e. The molecule has 21 heavy (non-hydrogen) atoms. The maximum atomic E-state index is 12.3. The van der Waals surface area contributed by atoms with E-state index in [0.717, 1.165) is 0 Å². The molecular weight excluding hydrogens is 280 g/mol. The standard InChI is InChI=1S/C13H24N2O6/c1-13(21-8-11(16)17)9-15(10-13)12(18)14(4-6-19-2)5-7-20-3/h4-10H2,1-3H3,(H,16,17).